The summed E-state index contributed by atoms with van der Waals surface area (Å²) in [5.41, 5.74) is 2.15. The first-order chi connectivity index (χ1) is 11.9. The van der Waals surface area contributed by atoms with E-state index < -0.39 is 0 Å². The zero-order chi connectivity index (χ0) is 18.0. The van der Waals surface area contributed by atoms with Gasteiger partial charge in [-0.25, -0.2) is 9.97 Å². The van der Waals surface area contributed by atoms with Gasteiger partial charge in [0.1, 0.15) is 0 Å². The number of hydrogen-bond acceptors (Lipinski definition) is 4. The number of anilines is 1. The summed E-state index contributed by atoms with van der Waals surface area (Å²) in [4.78, 5) is 33.5. The van der Waals surface area contributed by atoms with Crippen LogP contribution in [0.5, 0.6) is 0 Å². The van der Waals surface area contributed by atoms with Gasteiger partial charge in [-0.05, 0) is 23.8 Å². The molecule has 25 heavy (non-hydrogen) atoms. The molecule has 0 aliphatic heterocycles. The quantitative estimate of drug-likeness (QED) is 0.922. The van der Waals surface area contributed by atoms with Crippen molar-refractivity contribution in [3.63, 3.8) is 0 Å². The van der Waals surface area contributed by atoms with Crippen molar-refractivity contribution >= 4 is 17.6 Å². The molecule has 1 amide bonds. The fraction of sp³-hybridized carbons (Fsp3) is 0.400. The second-order valence-electron chi connectivity index (χ2n) is 7.36. The van der Waals surface area contributed by atoms with Crippen LogP contribution in [0.1, 0.15) is 61.1 Å². The molecule has 3 rings (SSSR count). The average Bonchev–Trinajstić information content (AvgIpc) is 2.55. The zero-order valence-corrected chi connectivity index (χ0v) is 14.9. The summed E-state index contributed by atoms with van der Waals surface area (Å²) in [6.45, 7) is 6.08. The van der Waals surface area contributed by atoms with Crippen molar-refractivity contribution in [1.29, 1.82) is 0 Å². The van der Waals surface area contributed by atoms with Crippen LogP contribution in [0, 0.1) is 5.41 Å². The van der Waals surface area contributed by atoms with Crippen LogP contribution in [-0.2, 0) is 11.2 Å². The minimum atomic E-state index is -0.251. The summed E-state index contributed by atoms with van der Waals surface area (Å²) in [6.07, 6.45) is 3.43. The van der Waals surface area contributed by atoms with E-state index in [-0.39, 0.29) is 29.0 Å². The highest BCUT2D eigenvalue weighted by Crippen LogP contribution is 2.33. The lowest BCUT2D eigenvalue weighted by Gasteiger charge is -2.29. The van der Waals surface area contributed by atoms with Crippen LogP contribution in [0.3, 0.4) is 0 Å². The van der Waals surface area contributed by atoms with Crippen LogP contribution in [0.2, 0.25) is 0 Å². The molecule has 0 saturated carbocycles. The molecule has 1 aromatic heterocycles. The van der Waals surface area contributed by atoms with E-state index in [0.717, 1.165) is 11.3 Å². The van der Waals surface area contributed by atoms with Gasteiger partial charge in [-0.15, -0.1) is 0 Å². The Labute approximate surface area is 147 Å². The Morgan fingerprint density at radius 1 is 1.24 bits per heavy atom. The van der Waals surface area contributed by atoms with Crippen LogP contribution in [-0.4, -0.2) is 21.7 Å². The summed E-state index contributed by atoms with van der Waals surface area (Å²) in [5, 5.41) is 2.81. The molecule has 1 heterocycles. The first-order valence-electron chi connectivity index (χ1n) is 8.64. The molecule has 1 aromatic carbocycles. The number of nitrogens with one attached hydrogen (secondary N) is 1. The lowest BCUT2D eigenvalue weighted by molar-refractivity contribution is -0.117. The molecule has 5 nitrogen and oxygen atoms in total. The Balaban J connectivity index is 1.81. The molecule has 1 atom stereocenters. The Morgan fingerprint density at radius 3 is 2.64 bits per heavy atom. The van der Waals surface area contributed by atoms with E-state index in [1.807, 2.05) is 37.3 Å². The fourth-order valence-electron chi connectivity index (χ4n) is 3.35. The molecule has 2 aromatic rings. The van der Waals surface area contributed by atoms with Gasteiger partial charge < -0.3 is 0 Å². The van der Waals surface area contributed by atoms with E-state index in [9.17, 15) is 9.59 Å². The van der Waals surface area contributed by atoms with Crippen LogP contribution >= 0.6 is 0 Å². The van der Waals surface area contributed by atoms with Crippen molar-refractivity contribution in [2.24, 2.45) is 5.41 Å². The van der Waals surface area contributed by atoms with Gasteiger partial charge in [0.15, 0.2) is 5.78 Å². The summed E-state index contributed by atoms with van der Waals surface area (Å²) in [5.74, 6) is -0.0440. The van der Waals surface area contributed by atoms with Crippen molar-refractivity contribution in [3.05, 3.63) is 53.3 Å². The summed E-state index contributed by atoms with van der Waals surface area (Å²) >= 11 is 0. The number of rotatable bonds is 4. The predicted molar refractivity (Wildman–Crippen MR) is 96.6 cm³/mol. The molecule has 0 saturated heterocycles. The highest BCUT2D eigenvalue weighted by atomic mass is 16.2. The number of ketones is 1. The van der Waals surface area contributed by atoms with Gasteiger partial charge in [-0.3, -0.25) is 14.9 Å². The van der Waals surface area contributed by atoms with E-state index in [2.05, 4.69) is 29.1 Å². The molecule has 130 valence electrons. The minimum Gasteiger partial charge on any atom is -0.294 e. The summed E-state index contributed by atoms with van der Waals surface area (Å²) < 4.78 is 0. The number of hydrogen-bond donors (Lipinski definition) is 1. The number of carbonyl (C=O) groups is 2. The Kier molecular flexibility index (Phi) is 4.66. The van der Waals surface area contributed by atoms with E-state index >= 15 is 0 Å². The number of Topliss-reactive ketones (excluding diaryl/α,β-unsaturated/α-hetero) is 1. The molecule has 1 unspecified atom stereocenters. The van der Waals surface area contributed by atoms with Crippen molar-refractivity contribution in [2.45, 2.75) is 46.0 Å². The molecule has 0 radical (unpaired) electrons. The number of benzene rings is 1. The van der Waals surface area contributed by atoms with Gasteiger partial charge in [0.25, 0.3) is 0 Å². The highest BCUT2D eigenvalue weighted by molar-refractivity contribution is 5.99. The topological polar surface area (TPSA) is 72.0 Å². The van der Waals surface area contributed by atoms with Gasteiger partial charge >= 0.3 is 0 Å². The molecule has 0 fully saturated rings. The normalized spacial score (nSPS) is 16.8. The van der Waals surface area contributed by atoms with Crippen LogP contribution in [0.25, 0.3) is 0 Å². The highest BCUT2D eigenvalue weighted by Gasteiger charge is 2.32. The van der Waals surface area contributed by atoms with Gasteiger partial charge in [-0.1, -0.05) is 51.1 Å². The number of carbonyl (C=O) groups excluding carboxylic acids is 2. The van der Waals surface area contributed by atoms with Crippen molar-refractivity contribution < 1.29 is 9.59 Å². The number of aromatic nitrogens is 2. The maximum atomic E-state index is 12.6. The van der Waals surface area contributed by atoms with E-state index in [1.54, 1.807) is 6.20 Å². The van der Waals surface area contributed by atoms with Gasteiger partial charge in [0.2, 0.25) is 11.9 Å². The zero-order valence-electron chi connectivity index (χ0n) is 14.9. The Hall–Kier alpha value is -2.56. The SMILES string of the molecule is CCC(C(=O)Nc1ncc2c(n1)CC(C)(C)CC2=O)c1ccccc1. The molecular formula is C20H23N3O2. The number of fused-ring (bicyclic) bond motifs is 1. The Bertz CT molecular complexity index is 800. The molecule has 5 heteroatoms. The lowest BCUT2D eigenvalue weighted by atomic mass is 9.76. The molecule has 1 aliphatic carbocycles. The van der Waals surface area contributed by atoms with E-state index in [4.69, 9.17) is 0 Å². The maximum Gasteiger partial charge on any atom is 0.234 e. The van der Waals surface area contributed by atoms with E-state index in [1.165, 1.54) is 0 Å². The summed E-state index contributed by atoms with van der Waals surface area (Å²) in [6, 6.07) is 9.67. The maximum absolute atomic E-state index is 12.6. The monoisotopic (exact) mass is 337 g/mol. The molecule has 0 spiro atoms. The van der Waals surface area contributed by atoms with Crippen molar-refractivity contribution in [1.82, 2.24) is 9.97 Å². The molecule has 1 aliphatic rings. The Morgan fingerprint density at radius 2 is 1.96 bits per heavy atom. The first kappa shape index (κ1) is 17.3. The number of amides is 1. The third kappa shape index (κ3) is 3.76. The molecular weight excluding hydrogens is 314 g/mol. The molecule has 1 N–H and O–H groups in total. The van der Waals surface area contributed by atoms with Gasteiger partial charge in [0.05, 0.1) is 17.2 Å². The standard InChI is InChI=1S/C20H23N3O2/c1-4-14(13-8-6-5-7-9-13)18(25)23-19-21-12-15-16(22-19)10-20(2,3)11-17(15)24/h5-9,12,14H,4,10-11H2,1-3H3,(H,21,22,23,25). The largest absolute Gasteiger partial charge is 0.294 e. The van der Waals surface area contributed by atoms with E-state index in [0.29, 0.717) is 24.8 Å². The first-order valence-corrected chi connectivity index (χ1v) is 8.64. The van der Waals surface area contributed by atoms with Crippen molar-refractivity contribution in [2.75, 3.05) is 5.32 Å². The van der Waals surface area contributed by atoms with Crippen LogP contribution in [0.4, 0.5) is 5.95 Å². The van der Waals surface area contributed by atoms with Crippen LogP contribution < -0.4 is 5.32 Å². The third-order valence-corrected chi connectivity index (χ3v) is 4.61. The predicted octanol–water partition coefficient (Wildman–Crippen LogP) is 3.76. The fourth-order valence-corrected chi connectivity index (χ4v) is 3.35. The number of nitrogens with zero attached hydrogens (tertiary/aromatic N) is 2. The van der Waals surface area contributed by atoms with Gasteiger partial charge in [-0.2, -0.15) is 0 Å². The second-order valence-corrected chi connectivity index (χ2v) is 7.36. The van der Waals surface area contributed by atoms with Crippen LogP contribution in [0.15, 0.2) is 36.5 Å². The average molecular weight is 337 g/mol. The smallest absolute Gasteiger partial charge is 0.234 e. The third-order valence-electron chi connectivity index (χ3n) is 4.61. The minimum absolute atomic E-state index is 0.0693. The summed E-state index contributed by atoms with van der Waals surface area (Å²) in [7, 11) is 0. The van der Waals surface area contributed by atoms with Crippen molar-refractivity contribution in [3.8, 4) is 0 Å². The molecule has 0 bridgehead atoms. The lowest BCUT2D eigenvalue weighted by Crippen LogP contribution is -2.29. The second kappa shape index (κ2) is 6.75. The van der Waals surface area contributed by atoms with Gasteiger partial charge in [0, 0.05) is 12.6 Å².